The minimum absolute atomic E-state index is 0.0191. The second-order valence-electron chi connectivity index (χ2n) is 7.87. The van der Waals surface area contributed by atoms with Gasteiger partial charge in [0.15, 0.2) is 0 Å². The third-order valence-electron chi connectivity index (χ3n) is 5.86. The van der Waals surface area contributed by atoms with Gasteiger partial charge in [-0.2, -0.15) is 13.1 Å². The van der Waals surface area contributed by atoms with Crippen molar-refractivity contribution < 1.29 is 13.2 Å². The van der Waals surface area contributed by atoms with E-state index in [-0.39, 0.29) is 22.8 Å². The molecule has 0 bridgehead atoms. The molecule has 2 aromatic carbocycles. The summed E-state index contributed by atoms with van der Waals surface area (Å²) >= 11 is 1.01. The quantitative estimate of drug-likeness (QED) is 0.587. The predicted octanol–water partition coefficient (Wildman–Crippen LogP) is 3.23. The van der Waals surface area contributed by atoms with Gasteiger partial charge in [0.1, 0.15) is 15.9 Å². The third-order valence-corrected chi connectivity index (χ3v) is 8.33. The molecule has 7 nitrogen and oxygen atoms in total. The fraction of sp³-hybridized carbons (Fsp3) is 0.409. The Bertz CT molecular complexity index is 1140. The molecule has 0 spiro atoms. The molecule has 4 rings (SSSR count). The maximum absolute atomic E-state index is 13.2. The fourth-order valence-corrected chi connectivity index (χ4v) is 6.22. The number of carbonyl (C=O) groups excluding carboxylic acids is 1. The summed E-state index contributed by atoms with van der Waals surface area (Å²) in [7, 11) is -3.67. The zero-order chi connectivity index (χ0) is 21.8. The number of fused-ring (bicyclic) bond motifs is 1. The van der Waals surface area contributed by atoms with Crippen LogP contribution in [0.1, 0.15) is 31.7 Å². The number of hydrogen-bond donors (Lipinski definition) is 1. The Morgan fingerprint density at radius 2 is 1.87 bits per heavy atom. The lowest BCUT2D eigenvalue weighted by Crippen LogP contribution is -2.45. The van der Waals surface area contributed by atoms with Gasteiger partial charge < -0.3 is 5.32 Å². The molecule has 0 aliphatic carbocycles. The van der Waals surface area contributed by atoms with E-state index in [1.165, 1.54) is 9.87 Å². The van der Waals surface area contributed by atoms with Gasteiger partial charge in [0, 0.05) is 25.0 Å². The maximum Gasteiger partial charge on any atom is 0.245 e. The van der Waals surface area contributed by atoms with Crippen LogP contribution in [0.25, 0.3) is 11.0 Å². The van der Waals surface area contributed by atoms with Crippen LogP contribution in [0, 0.1) is 5.92 Å². The average molecular weight is 459 g/mol. The summed E-state index contributed by atoms with van der Waals surface area (Å²) in [6.07, 6.45) is 2.66. The zero-order valence-electron chi connectivity index (χ0n) is 17.4. The highest BCUT2D eigenvalue weighted by atomic mass is 32.2. The molecule has 164 valence electrons. The normalized spacial score (nSPS) is 16.9. The molecule has 1 fully saturated rings. The van der Waals surface area contributed by atoms with Crippen molar-refractivity contribution in [3.8, 4) is 0 Å². The van der Waals surface area contributed by atoms with Crippen molar-refractivity contribution in [3.05, 3.63) is 54.1 Å². The first kappa shape index (κ1) is 21.9. The molecule has 1 atom stereocenters. The van der Waals surface area contributed by atoms with Crippen molar-refractivity contribution in [2.45, 2.75) is 43.5 Å². The van der Waals surface area contributed by atoms with E-state index in [0.29, 0.717) is 37.0 Å². The highest BCUT2D eigenvalue weighted by Crippen LogP contribution is 2.28. The Morgan fingerprint density at radius 1 is 1.13 bits per heavy atom. The van der Waals surface area contributed by atoms with E-state index < -0.39 is 10.0 Å². The highest BCUT2D eigenvalue weighted by Gasteiger charge is 2.34. The van der Waals surface area contributed by atoms with Gasteiger partial charge in [0.25, 0.3) is 0 Å². The standard InChI is InChI=1S/C22H26N4O3S2/c1-2-18(15-16-7-4-3-5-8-16)23-22(27)17-11-13-26(14-12-17)31(28,29)20-10-6-9-19-21(20)25-30-24-19/h3-10,17-18H,2,11-15H2,1H3,(H,23,27). The molecule has 1 saturated heterocycles. The van der Waals surface area contributed by atoms with Crippen LogP contribution in [0.2, 0.25) is 0 Å². The molecular formula is C22H26N4O3S2. The van der Waals surface area contributed by atoms with Crippen molar-refractivity contribution in [1.82, 2.24) is 18.4 Å². The zero-order valence-corrected chi connectivity index (χ0v) is 19.0. The van der Waals surface area contributed by atoms with Crippen LogP contribution in [-0.4, -0.2) is 46.5 Å². The average Bonchev–Trinajstić information content (AvgIpc) is 3.28. The van der Waals surface area contributed by atoms with E-state index >= 15 is 0 Å². The third kappa shape index (κ3) is 4.78. The van der Waals surface area contributed by atoms with Gasteiger partial charge in [0.05, 0.1) is 11.7 Å². The van der Waals surface area contributed by atoms with E-state index in [4.69, 9.17) is 0 Å². The lowest BCUT2D eigenvalue weighted by molar-refractivity contribution is -0.126. The van der Waals surface area contributed by atoms with Crippen LogP contribution in [0.3, 0.4) is 0 Å². The number of carbonyl (C=O) groups is 1. The topological polar surface area (TPSA) is 92.3 Å². The van der Waals surface area contributed by atoms with Gasteiger partial charge in [-0.15, -0.1) is 0 Å². The number of amides is 1. The molecule has 0 radical (unpaired) electrons. The number of hydrogen-bond acceptors (Lipinski definition) is 6. The van der Waals surface area contributed by atoms with E-state index in [1.807, 2.05) is 18.2 Å². The Labute approximate surface area is 186 Å². The van der Waals surface area contributed by atoms with Crippen LogP contribution in [-0.2, 0) is 21.2 Å². The fourth-order valence-electron chi connectivity index (χ4n) is 4.00. The Morgan fingerprint density at radius 3 is 2.58 bits per heavy atom. The predicted molar refractivity (Wildman–Crippen MR) is 121 cm³/mol. The van der Waals surface area contributed by atoms with Crippen LogP contribution < -0.4 is 5.32 Å². The van der Waals surface area contributed by atoms with Crippen molar-refractivity contribution >= 4 is 38.7 Å². The first-order valence-electron chi connectivity index (χ1n) is 10.5. The van der Waals surface area contributed by atoms with Gasteiger partial charge in [-0.25, -0.2) is 8.42 Å². The second-order valence-corrected chi connectivity index (χ2v) is 10.3. The van der Waals surface area contributed by atoms with Crippen molar-refractivity contribution in [1.29, 1.82) is 0 Å². The number of nitrogens with one attached hydrogen (secondary N) is 1. The Balaban J connectivity index is 1.37. The lowest BCUT2D eigenvalue weighted by Gasteiger charge is -2.31. The summed E-state index contributed by atoms with van der Waals surface area (Å²) < 4.78 is 36.1. The Kier molecular flexibility index (Phi) is 6.64. The van der Waals surface area contributed by atoms with Gasteiger partial charge in [-0.05, 0) is 43.4 Å². The summed E-state index contributed by atoms with van der Waals surface area (Å²) in [4.78, 5) is 13.0. The number of benzene rings is 2. The van der Waals surface area contributed by atoms with Crippen molar-refractivity contribution in [2.75, 3.05) is 13.1 Å². The van der Waals surface area contributed by atoms with Gasteiger partial charge in [-0.3, -0.25) is 4.79 Å². The molecule has 2 heterocycles. The molecule has 1 amide bonds. The van der Waals surface area contributed by atoms with Crippen LogP contribution >= 0.6 is 11.7 Å². The SMILES string of the molecule is CCC(Cc1ccccc1)NC(=O)C1CCN(S(=O)(=O)c2cccc3nsnc23)CC1. The maximum atomic E-state index is 13.2. The molecular weight excluding hydrogens is 432 g/mol. The molecule has 1 unspecified atom stereocenters. The number of nitrogens with zero attached hydrogens (tertiary/aromatic N) is 3. The Hall–Kier alpha value is -2.36. The van der Waals surface area contributed by atoms with Crippen LogP contribution in [0.4, 0.5) is 0 Å². The number of rotatable bonds is 7. The van der Waals surface area contributed by atoms with Gasteiger partial charge in [-0.1, -0.05) is 43.3 Å². The first-order valence-corrected chi connectivity index (χ1v) is 12.7. The first-order chi connectivity index (χ1) is 15.0. The highest BCUT2D eigenvalue weighted by molar-refractivity contribution is 7.89. The van der Waals surface area contributed by atoms with Crippen molar-refractivity contribution in [2.24, 2.45) is 5.92 Å². The minimum atomic E-state index is -3.67. The molecule has 0 saturated carbocycles. The van der Waals surface area contributed by atoms with E-state index in [9.17, 15) is 13.2 Å². The van der Waals surface area contributed by atoms with E-state index in [1.54, 1.807) is 18.2 Å². The smallest absolute Gasteiger partial charge is 0.245 e. The van der Waals surface area contributed by atoms with Crippen molar-refractivity contribution in [3.63, 3.8) is 0 Å². The van der Waals surface area contributed by atoms with E-state index in [2.05, 4.69) is 33.1 Å². The minimum Gasteiger partial charge on any atom is -0.353 e. The molecule has 1 aromatic heterocycles. The number of aromatic nitrogens is 2. The molecule has 9 heteroatoms. The molecule has 1 N–H and O–H groups in total. The molecule has 31 heavy (non-hydrogen) atoms. The summed E-state index contributed by atoms with van der Waals surface area (Å²) in [6.45, 7) is 2.71. The summed E-state index contributed by atoms with van der Waals surface area (Å²) in [5.41, 5.74) is 2.20. The number of sulfonamides is 1. The van der Waals surface area contributed by atoms with Gasteiger partial charge >= 0.3 is 0 Å². The second kappa shape index (κ2) is 9.42. The lowest BCUT2D eigenvalue weighted by atomic mass is 9.96. The van der Waals surface area contributed by atoms with E-state index in [0.717, 1.165) is 24.6 Å². The monoisotopic (exact) mass is 458 g/mol. The van der Waals surface area contributed by atoms with Crippen LogP contribution in [0.5, 0.6) is 0 Å². The molecule has 1 aliphatic rings. The molecule has 3 aromatic rings. The largest absolute Gasteiger partial charge is 0.353 e. The van der Waals surface area contributed by atoms with Crippen LogP contribution in [0.15, 0.2) is 53.4 Å². The van der Waals surface area contributed by atoms with Gasteiger partial charge in [0.2, 0.25) is 15.9 Å². The molecule has 1 aliphatic heterocycles. The summed E-state index contributed by atoms with van der Waals surface area (Å²) in [5, 5.41) is 3.17. The summed E-state index contributed by atoms with van der Waals surface area (Å²) in [5.74, 6) is -0.154. The summed E-state index contributed by atoms with van der Waals surface area (Å²) in [6, 6.07) is 15.2. The number of piperidine rings is 1.